The number of benzene rings is 1. The van der Waals surface area contributed by atoms with Crippen molar-refractivity contribution in [2.24, 2.45) is 5.14 Å². The van der Waals surface area contributed by atoms with Crippen LogP contribution in [-0.4, -0.2) is 18.4 Å². The molecular formula is C9H13NO3S. The summed E-state index contributed by atoms with van der Waals surface area (Å²) in [4.78, 5) is 0.398. The molecule has 2 N–H and O–H groups in total. The van der Waals surface area contributed by atoms with E-state index in [1.54, 1.807) is 6.07 Å². The fraction of sp³-hybridized carbons (Fsp3) is 0.333. The summed E-state index contributed by atoms with van der Waals surface area (Å²) in [5.41, 5.74) is 0.877. The van der Waals surface area contributed by atoms with Crippen LogP contribution >= 0.6 is 0 Å². The summed E-state index contributed by atoms with van der Waals surface area (Å²) in [6, 6.07) is 3.55. The minimum atomic E-state index is -1.61. The Morgan fingerprint density at radius 2 is 1.93 bits per heavy atom. The van der Waals surface area contributed by atoms with E-state index in [0.717, 1.165) is 5.56 Å². The predicted octanol–water partition coefficient (Wildman–Crippen LogP) is 0.994. The van der Waals surface area contributed by atoms with Crippen molar-refractivity contribution in [2.75, 3.05) is 14.2 Å². The lowest BCUT2D eigenvalue weighted by molar-refractivity contribution is 0.373. The number of rotatable bonds is 3. The molecule has 5 heteroatoms. The Morgan fingerprint density at radius 3 is 2.36 bits per heavy atom. The molecule has 0 saturated carbocycles. The summed E-state index contributed by atoms with van der Waals surface area (Å²) in [5.74, 6) is 0.999. The lowest BCUT2D eigenvalue weighted by atomic mass is 10.2. The maximum atomic E-state index is 11.3. The number of nitrogens with two attached hydrogens (primary N) is 1. The van der Waals surface area contributed by atoms with Gasteiger partial charge in [0.25, 0.3) is 0 Å². The summed E-state index contributed by atoms with van der Waals surface area (Å²) < 4.78 is 21.5. The van der Waals surface area contributed by atoms with Gasteiger partial charge in [-0.2, -0.15) is 0 Å². The molecule has 1 aromatic rings. The zero-order valence-electron chi connectivity index (χ0n) is 8.37. The largest absolute Gasteiger partial charge is 0.495 e. The quantitative estimate of drug-likeness (QED) is 0.818. The van der Waals surface area contributed by atoms with Gasteiger partial charge in [0.05, 0.1) is 14.2 Å². The normalized spacial score (nSPS) is 12.3. The van der Waals surface area contributed by atoms with E-state index in [9.17, 15) is 4.21 Å². The Morgan fingerprint density at radius 1 is 1.29 bits per heavy atom. The lowest BCUT2D eigenvalue weighted by Crippen LogP contribution is -2.08. The molecule has 0 heterocycles. The van der Waals surface area contributed by atoms with E-state index in [0.29, 0.717) is 16.4 Å². The maximum Gasteiger partial charge on any atom is 0.143 e. The third-order valence-corrected chi connectivity index (χ3v) is 2.69. The minimum absolute atomic E-state index is 0.398. The summed E-state index contributed by atoms with van der Waals surface area (Å²) in [6.07, 6.45) is 0. The fourth-order valence-electron chi connectivity index (χ4n) is 1.25. The Balaban J connectivity index is 3.43. The zero-order chi connectivity index (χ0) is 10.7. The number of hydrogen-bond donors (Lipinski definition) is 1. The molecule has 0 aromatic heterocycles. The predicted molar refractivity (Wildman–Crippen MR) is 54.9 cm³/mol. The number of hydrogen-bond acceptors (Lipinski definition) is 3. The van der Waals surface area contributed by atoms with Crippen LogP contribution in [0.25, 0.3) is 0 Å². The molecule has 0 aliphatic heterocycles. The molecule has 0 aliphatic rings. The highest BCUT2D eigenvalue weighted by molar-refractivity contribution is 7.83. The lowest BCUT2D eigenvalue weighted by Gasteiger charge is -2.12. The van der Waals surface area contributed by atoms with Crippen LogP contribution in [0.4, 0.5) is 0 Å². The van der Waals surface area contributed by atoms with Crippen LogP contribution in [0.3, 0.4) is 0 Å². The third kappa shape index (κ3) is 1.88. The summed E-state index contributed by atoms with van der Waals surface area (Å²) >= 11 is 0. The van der Waals surface area contributed by atoms with Crippen molar-refractivity contribution in [1.82, 2.24) is 0 Å². The smallest absolute Gasteiger partial charge is 0.143 e. The standard InChI is InChI=1S/C9H13NO3S/c1-6-4-5-7(12-2)9(14(10)11)8(6)13-3/h4-5H,10H2,1-3H3. The molecule has 0 amide bonds. The molecule has 4 nitrogen and oxygen atoms in total. The highest BCUT2D eigenvalue weighted by Crippen LogP contribution is 2.33. The van der Waals surface area contributed by atoms with Gasteiger partial charge in [-0.25, -0.2) is 9.35 Å². The highest BCUT2D eigenvalue weighted by atomic mass is 32.2. The van der Waals surface area contributed by atoms with E-state index in [1.165, 1.54) is 14.2 Å². The SMILES string of the molecule is COc1ccc(C)c(OC)c1S(N)=O. The second-order valence-corrected chi connectivity index (χ2v) is 3.75. The maximum absolute atomic E-state index is 11.3. The van der Waals surface area contributed by atoms with Crippen LogP contribution < -0.4 is 14.6 Å². The second kappa shape index (κ2) is 4.43. The summed E-state index contributed by atoms with van der Waals surface area (Å²) in [6.45, 7) is 1.86. The molecule has 0 spiro atoms. The van der Waals surface area contributed by atoms with Crippen LogP contribution in [-0.2, 0) is 11.0 Å². The molecule has 0 radical (unpaired) electrons. The van der Waals surface area contributed by atoms with Gasteiger partial charge in [0, 0.05) is 0 Å². The van der Waals surface area contributed by atoms with E-state index in [-0.39, 0.29) is 0 Å². The molecule has 0 saturated heterocycles. The monoisotopic (exact) mass is 215 g/mol. The molecule has 1 unspecified atom stereocenters. The van der Waals surface area contributed by atoms with Gasteiger partial charge in [0.15, 0.2) is 0 Å². The fourth-order valence-corrected chi connectivity index (χ4v) is 2.02. The van der Waals surface area contributed by atoms with Crippen molar-refractivity contribution >= 4 is 11.0 Å². The average molecular weight is 215 g/mol. The zero-order valence-corrected chi connectivity index (χ0v) is 9.18. The number of aryl methyl sites for hydroxylation is 1. The Hall–Kier alpha value is -1.07. The van der Waals surface area contributed by atoms with E-state index in [2.05, 4.69) is 0 Å². The summed E-state index contributed by atoms with van der Waals surface area (Å²) in [5, 5.41) is 5.35. The molecule has 0 bridgehead atoms. The van der Waals surface area contributed by atoms with Gasteiger partial charge in [-0.05, 0) is 18.6 Å². The molecule has 1 aromatic carbocycles. The first-order valence-electron chi connectivity index (χ1n) is 3.99. The van der Waals surface area contributed by atoms with Crippen LogP contribution in [0.15, 0.2) is 17.0 Å². The minimum Gasteiger partial charge on any atom is -0.495 e. The van der Waals surface area contributed by atoms with Gasteiger partial charge in [-0.3, -0.25) is 0 Å². The Labute approximate surface area is 85.6 Å². The van der Waals surface area contributed by atoms with E-state index < -0.39 is 11.0 Å². The van der Waals surface area contributed by atoms with Crippen molar-refractivity contribution in [2.45, 2.75) is 11.8 Å². The molecule has 0 aliphatic carbocycles. The van der Waals surface area contributed by atoms with Crippen LogP contribution in [0.5, 0.6) is 11.5 Å². The second-order valence-electron chi connectivity index (χ2n) is 2.74. The third-order valence-electron chi connectivity index (χ3n) is 1.90. The molecule has 1 atom stereocenters. The van der Waals surface area contributed by atoms with Crippen LogP contribution in [0.2, 0.25) is 0 Å². The van der Waals surface area contributed by atoms with Crippen molar-refractivity contribution in [3.63, 3.8) is 0 Å². The van der Waals surface area contributed by atoms with Gasteiger partial charge in [0.2, 0.25) is 0 Å². The van der Waals surface area contributed by atoms with E-state index >= 15 is 0 Å². The van der Waals surface area contributed by atoms with Crippen molar-refractivity contribution < 1.29 is 13.7 Å². The Bertz CT molecular complexity index is 365. The highest BCUT2D eigenvalue weighted by Gasteiger charge is 2.16. The topological polar surface area (TPSA) is 61.6 Å². The molecular weight excluding hydrogens is 202 g/mol. The molecule has 0 fully saturated rings. The number of methoxy groups -OCH3 is 2. The van der Waals surface area contributed by atoms with Gasteiger partial charge >= 0.3 is 0 Å². The average Bonchev–Trinajstić information content (AvgIpc) is 2.17. The van der Waals surface area contributed by atoms with Gasteiger partial charge < -0.3 is 9.47 Å². The van der Waals surface area contributed by atoms with E-state index in [1.807, 2.05) is 13.0 Å². The number of ether oxygens (including phenoxy) is 2. The Kier molecular flexibility index (Phi) is 3.49. The van der Waals surface area contributed by atoms with Gasteiger partial charge in [-0.15, -0.1) is 0 Å². The van der Waals surface area contributed by atoms with E-state index in [4.69, 9.17) is 14.6 Å². The molecule has 1 rings (SSSR count). The molecule has 78 valence electrons. The van der Waals surface area contributed by atoms with Crippen LogP contribution in [0.1, 0.15) is 5.56 Å². The van der Waals surface area contributed by atoms with Crippen molar-refractivity contribution in [3.8, 4) is 11.5 Å². The van der Waals surface area contributed by atoms with Crippen LogP contribution in [0, 0.1) is 6.92 Å². The summed E-state index contributed by atoms with van der Waals surface area (Å²) in [7, 11) is 1.40. The first-order chi connectivity index (χ1) is 6.61. The first kappa shape index (κ1) is 11.0. The van der Waals surface area contributed by atoms with Gasteiger partial charge in [-0.1, -0.05) is 6.07 Å². The van der Waals surface area contributed by atoms with Crippen molar-refractivity contribution in [3.05, 3.63) is 17.7 Å². The van der Waals surface area contributed by atoms with Gasteiger partial charge in [0.1, 0.15) is 27.4 Å². The molecule has 14 heavy (non-hydrogen) atoms. The van der Waals surface area contributed by atoms with Crippen molar-refractivity contribution in [1.29, 1.82) is 0 Å². The first-order valence-corrected chi connectivity index (χ1v) is 5.20.